The van der Waals surface area contributed by atoms with Gasteiger partial charge in [-0.3, -0.25) is 0 Å². The first-order chi connectivity index (χ1) is 9.83. The molecule has 3 rings (SSSR count). The Morgan fingerprint density at radius 1 is 1.29 bits per heavy atom. The van der Waals surface area contributed by atoms with Crippen LogP contribution in [0.15, 0.2) is 35.3 Å². The fourth-order valence-electron chi connectivity index (χ4n) is 3.05. The Hall–Kier alpha value is -1.61. The monoisotopic (exact) mass is 284 g/mol. The van der Waals surface area contributed by atoms with Gasteiger partial charge in [0.25, 0.3) is 0 Å². The van der Waals surface area contributed by atoms with E-state index in [1.165, 1.54) is 11.1 Å². The highest BCUT2D eigenvalue weighted by atomic mass is 16.5. The smallest absolute Gasteiger partial charge is 0.196 e. The number of hydrogen-bond acceptors (Lipinski definition) is 3. The van der Waals surface area contributed by atoms with E-state index >= 15 is 0 Å². The number of rotatable bonds is 1. The van der Waals surface area contributed by atoms with Crippen molar-refractivity contribution >= 4 is 12.0 Å². The van der Waals surface area contributed by atoms with Gasteiger partial charge in [0.2, 0.25) is 0 Å². The van der Waals surface area contributed by atoms with E-state index in [2.05, 4.69) is 64.1 Å². The lowest BCUT2D eigenvalue weighted by Gasteiger charge is -2.37. The molecular formula is C18H24N2O. The molecule has 3 atom stereocenters. The van der Waals surface area contributed by atoms with E-state index in [-0.39, 0.29) is 22.9 Å². The number of benzene rings is 1. The molecule has 0 fully saturated rings. The predicted molar refractivity (Wildman–Crippen MR) is 87.4 cm³/mol. The van der Waals surface area contributed by atoms with Crippen LogP contribution in [-0.2, 0) is 10.2 Å². The lowest BCUT2D eigenvalue weighted by Crippen LogP contribution is -2.50. The molecule has 0 saturated heterocycles. The molecular weight excluding hydrogens is 260 g/mol. The molecule has 2 aliphatic rings. The summed E-state index contributed by atoms with van der Waals surface area (Å²) < 4.78 is 6.00. The second-order valence-corrected chi connectivity index (χ2v) is 7.30. The van der Waals surface area contributed by atoms with Crippen molar-refractivity contribution in [1.82, 2.24) is 0 Å². The minimum absolute atomic E-state index is 0.103. The van der Waals surface area contributed by atoms with Gasteiger partial charge in [-0.15, -0.1) is 0 Å². The lowest BCUT2D eigenvalue weighted by molar-refractivity contribution is 0.225. The third-order valence-corrected chi connectivity index (χ3v) is 4.77. The van der Waals surface area contributed by atoms with Crippen molar-refractivity contribution in [2.45, 2.75) is 45.2 Å². The first-order valence-corrected chi connectivity index (χ1v) is 7.58. The van der Waals surface area contributed by atoms with Crippen molar-refractivity contribution in [3.8, 4) is 0 Å². The van der Waals surface area contributed by atoms with Gasteiger partial charge in [0.15, 0.2) is 5.90 Å². The minimum atomic E-state index is -0.384. The summed E-state index contributed by atoms with van der Waals surface area (Å²) in [6.07, 6.45) is 4.15. The summed E-state index contributed by atoms with van der Waals surface area (Å²) in [6, 6.07) is 8.43. The summed E-state index contributed by atoms with van der Waals surface area (Å²) >= 11 is 0. The maximum Gasteiger partial charge on any atom is 0.196 e. The Bertz CT molecular complexity index is 612. The summed E-state index contributed by atoms with van der Waals surface area (Å²) in [5.74, 6) is 0.784. The van der Waals surface area contributed by atoms with Crippen molar-refractivity contribution in [3.05, 3.63) is 41.5 Å². The molecule has 0 radical (unpaired) electrons. The molecule has 0 saturated carbocycles. The van der Waals surface area contributed by atoms with Crippen LogP contribution in [0.4, 0.5) is 0 Å². The standard InChI is InChI=1S/C18H24N2O/c1-17(2,3)15-11-21-16(20-15)18(4)13-8-6-5-7-12(13)9-10-14(18)19/h5-10,14-15H,11,19H2,1-4H3/t14-,15+,18+/m0/s1. The first-order valence-electron chi connectivity index (χ1n) is 7.58. The minimum Gasteiger partial charge on any atom is -0.478 e. The van der Waals surface area contributed by atoms with E-state index in [4.69, 9.17) is 15.5 Å². The molecule has 0 bridgehead atoms. The third kappa shape index (κ3) is 2.20. The zero-order valence-corrected chi connectivity index (χ0v) is 13.3. The average molecular weight is 284 g/mol. The Morgan fingerprint density at radius 2 is 2.00 bits per heavy atom. The maximum atomic E-state index is 6.41. The Morgan fingerprint density at radius 3 is 2.67 bits per heavy atom. The highest BCUT2D eigenvalue weighted by Crippen LogP contribution is 2.39. The fraction of sp³-hybridized carbons (Fsp3) is 0.500. The van der Waals surface area contributed by atoms with Gasteiger partial charge in [-0.2, -0.15) is 0 Å². The topological polar surface area (TPSA) is 47.6 Å². The van der Waals surface area contributed by atoms with Gasteiger partial charge >= 0.3 is 0 Å². The number of aliphatic imine (C=N–C) groups is 1. The van der Waals surface area contributed by atoms with Crippen LogP contribution in [0.25, 0.3) is 6.08 Å². The van der Waals surface area contributed by atoms with Gasteiger partial charge in [-0.25, -0.2) is 4.99 Å². The second kappa shape index (κ2) is 4.70. The van der Waals surface area contributed by atoms with Crippen LogP contribution < -0.4 is 5.73 Å². The maximum absolute atomic E-state index is 6.41. The summed E-state index contributed by atoms with van der Waals surface area (Å²) in [6.45, 7) is 9.39. The Labute approximate surface area is 126 Å². The van der Waals surface area contributed by atoms with Crippen LogP contribution in [0.5, 0.6) is 0 Å². The van der Waals surface area contributed by atoms with Crippen molar-refractivity contribution in [2.24, 2.45) is 16.1 Å². The number of fused-ring (bicyclic) bond motifs is 1. The highest BCUT2D eigenvalue weighted by Gasteiger charge is 2.46. The molecule has 1 aromatic rings. The SMILES string of the molecule is CC(C)(C)[C@H]1COC([C@]2(C)c3ccccc3C=C[C@@H]2N)=N1. The highest BCUT2D eigenvalue weighted by molar-refractivity contribution is 5.92. The molecule has 0 amide bonds. The van der Waals surface area contributed by atoms with Crippen LogP contribution in [-0.4, -0.2) is 24.6 Å². The zero-order chi connectivity index (χ0) is 15.3. The van der Waals surface area contributed by atoms with E-state index in [9.17, 15) is 0 Å². The van der Waals surface area contributed by atoms with E-state index < -0.39 is 0 Å². The predicted octanol–water partition coefficient (Wildman–Crippen LogP) is 3.14. The number of nitrogens with zero attached hydrogens (tertiary/aromatic N) is 1. The molecule has 1 aliphatic carbocycles. The largest absolute Gasteiger partial charge is 0.478 e. The van der Waals surface area contributed by atoms with E-state index in [1.54, 1.807) is 0 Å². The summed E-state index contributed by atoms with van der Waals surface area (Å²) in [7, 11) is 0. The fourth-order valence-corrected chi connectivity index (χ4v) is 3.05. The third-order valence-electron chi connectivity index (χ3n) is 4.77. The average Bonchev–Trinajstić information content (AvgIpc) is 2.93. The van der Waals surface area contributed by atoms with E-state index in [1.807, 2.05) is 0 Å². The van der Waals surface area contributed by atoms with Crippen LogP contribution in [0.3, 0.4) is 0 Å². The van der Waals surface area contributed by atoms with E-state index in [0.717, 1.165) is 5.90 Å². The molecule has 0 spiro atoms. The van der Waals surface area contributed by atoms with Crippen LogP contribution in [0.1, 0.15) is 38.8 Å². The van der Waals surface area contributed by atoms with Gasteiger partial charge < -0.3 is 10.5 Å². The van der Waals surface area contributed by atoms with Crippen LogP contribution in [0, 0.1) is 5.41 Å². The number of ether oxygens (including phenoxy) is 1. The van der Waals surface area contributed by atoms with Crippen molar-refractivity contribution < 1.29 is 4.74 Å². The van der Waals surface area contributed by atoms with Gasteiger partial charge in [-0.05, 0) is 23.5 Å². The normalized spacial score (nSPS) is 31.6. The molecule has 1 aliphatic heterocycles. The molecule has 3 nitrogen and oxygen atoms in total. The van der Waals surface area contributed by atoms with Gasteiger partial charge in [0.05, 0.1) is 11.5 Å². The lowest BCUT2D eigenvalue weighted by atomic mass is 9.71. The van der Waals surface area contributed by atoms with Gasteiger partial charge in [0, 0.05) is 6.04 Å². The first kappa shape index (κ1) is 14.3. The van der Waals surface area contributed by atoms with Gasteiger partial charge in [-0.1, -0.05) is 57.2 Å². The molecule has 0 unspecified atom stereocenters. The molecule has 1 heterocycles. The molecule has 0 aromatic heterocycles. The molecule has 112 valence electrons. The number of nitrogens with two attached hydrogens (primary N) is 1. The van der Waals surface area contributed by atoms with Crippen molar-refractivity contribution in [3.63, 3.8) is 0 Å². The number of hydrogen-bond donors (Lipinski definition) is 1. The van der Waals surface area contributed by atoms with Crippen LogP contribution in [0.2, 0.25) is 0 Å². The molecule has 3 heteroatoms. The molecule has 21 heavy (non-hydrogen) atoms. The van der Waals surface area contributed by atoms with Crippen molar-refractivity contribution in [1.29, 1.82) is 0 Å². The molecule has 2 N–H and O–H groups in total. The zero-order valence-electron chi connectivity index (χ0n) is 13.3. The van der Waals surface area contributed by atoms with E-state index in [0.29, 0.717) is 6.61 Å². The second-order valence-electron chi connectivity index (χ2n) is 7.30. The van der Waals surface area contributed by atoms with Crippen LogP contribution >= 0.6 is 0 Å². The summed E-state index contributed by atoms with van der Waals surface area (Å²) in [4.78, 5) is 4.88. The Kier molecular flexibility index (Phi) is 3.21. The summed E-state index contributed by atoms with van der Waals surface area (Å²) in [5.41, 5.74) is 8.54. The summed E-state index contributed by atoms with van der Waals surface area (Å²) in [5, 5.41) is 0. The quantitative estimate of drug-likeness (QED) is 0.861. The van der Waals surface area contributed by atoms with Gasteiger partial charge in [0.1, 0.15) is 6.61 Å². The Balaban J connectivity index is 2.07. The molecule has 1 aromatic carbocycles. The van der Waals surface area contributed by atoms with Crippen molar-refractivity contribution in [2.75, 3.05) is 6.61 Å².